The van der Waals surface area contributed by atoms with Gasteiger partial charge in [0.05, 0.1) is 0 Å². The van der Waals surface area contributed by atoms with Crippen LogP contribution in [0.25, 0.3) is 0 Å². The number of allylic oxidation sites excluding steroid dienone is 1. The minimum atomic E-state index is -0.346. The van der Waals surface area contributed by atoms with Gasteiger partial charge in [-0.25, -0.2) is 4.39 Å². The average molecular weight is 243 g/mol. The maximum absolute atomic E-state index is 12.8. The summed E-state index contributed by atoms with van der Waals surface area (Å²) in [6.07, 6.45) is 1.43. The highest BCUT2D eigenvalue weighted by Gasteiger charge is 2.02. The Morgan fingerprint density at radius 3 is 2.77 bits per heavy atom. The molecule has 0 heterocycles. The van der Waals surface area contributed by atoms with Crippen LogP contribution in [0, 0.1) is 5.82 Å². The summed E-state index contributed by atoms with van der Waals surface area (Å²) in [6, 6.07) is 4.40. The van der Waals surface area contributed by atoms with Gasteiger partial charge in [-0.15, -0.1) is 0 Å². The molecule has 1 rings (SSSR count). The van der Waals surface area contributed by atoms with Gasteiger partial charge >= 0.3 is 0 Å². The number of hydrogen-bond acceptors (Lipinski definition) is 1. The highest BCUT2D eigenvalue weighted by Crippen LogP contribution is 2.15. The summed E-state index contributed by atoms with van der Waals surface area (Å²) in [5, 5.41) is 0. The molecule has 0 N–H and O–H groups in total. The Morgan fingerprint density at radius 2 is 2.23 bits per heavy atom. The zero-order valence-corrected chi connectivity index (χ0v) is 8.47. The molecule has 0 saturated heterocycles. The van der Waals surface area contributed by atoms with Crippen LogP contribution in [0.3, 0.4) is 0 Å². The molecule has 0 aliphatic carbocycles. The molecule has 68 valence electrons. The quantitative estimate of drug-likeness (QED) is 0.746. The van der Waals surface area contributed by atoms with Crippen LogP contribution in [0.4, 0.5) is 4.39 Å². The summed E-state index contributed by atoms with van der Waals surface area (Å²) in [4.78, 5) is 10.9. The SMILES string of the molecule is C=CC(=O)Cc1cc(F)cc(Br)c1. The van der Waals surface area contributed by atoms with Crippen LogP contribution in [0.15, 0.2) is 35.3 Å². The van der Waals surface area contributed by atoms with E-state index in [-0.39, 0.29) is 18.0 Å². The molecule has 3 heteroatoms. The average Bonchev–Trinajstić information content (AvgIpc) is 2.02. The van der Waals surface area contributed by atoms with Crippen molar-refractivity contribution in [2.45, 2.75) is 6.42 Å². The maximum atomic E-state index is 12.8. The van der Waals surface area contributed by atoms with Crippen molar-refractivity contribution < 1.29 is 9.18 Å². The molecule has 13 heavy (non-hydrogen) atoms. The molecule has 0 aliphatic heterocycles. The number of carbonyl (C=O) groups excluding carboxylic acids is 1. The van der Waals surface area contributed by atoms with Gasteiger partial charge in [-0.3, -0.25) is 4.79 Å². The van der Waals surface area contributed by atoms with Crippen LogP contribution < -0.4 is 0 Å². The van der Waals surface area contributed by atoms with E-state index in [1.54, 1.807) is 6.07 Å². The third-order valence-electron chi connectivity index (χ3n) is 1.53. The standard InChI is InChI=1S/C10H8BrFO/c1-2-10(13)5-7-3-8(11)6-9(12)4-7/h2-4,6H,1,5H2. The van der Waals surface area contributed by atoms with Crippen LogP contribution >= 0.6 is 15.9 Å². The van der Waals surface area contributed by atoms with E-state index in [9.17, 15) is 9.18 Å². The molecule has 1 aromatic rings. The van der Waals surface area contributed by atoms with Crippen molar-refractivity contribution in [3.05, 3.63) is 46.7 Å². The lowest BCUT2D eigenvalue weighted by atomic mass is 10.1. The van der Waals surface area contributed by atoms with Gasteiger partial charge in [0, 0.05) is 10.9 Å². The molecular formula is C10H8BrFO. The minimum Gasteiger partial charge on any atom is -0.295 e. The Labute approximate surface area is 84.4 Å². The van der Waals surface area contributed by atoms with Crippen molar-refractivity contribution >= 4 is 21.7 Å². The zero-order valence-electron chi connectivity index (χ0n) is 6.89. The lowest BCUT2D eigenvalue weighted by Gasteiger charge is -1.99. The summed E-state index contributed by atoms with van der Waals surface area (Å²) < 4.78 is 13.5. The van der Waals surface area contributed by atoms with Crippen molar-refractivity contribution in [1.29, 1.82) is 0 Å². The fraction of sp³-hybridized carbons (Fsp3) is 0.100. The van der Waals surface area contributed by atoms with Gasteiger partial charge < -0.3 is 0 Å². The summed E-state index contributed by atoms with van der Waals surface area (Å²) >= 11 is 3.15. The number of carbonyl (C=O) groups is 1. The van der Waals surface area contributed by atoms with E-state index < -0.39 is 0 Å². The van der Waals surface area contributed by atoms with E-state index in [0.29, 0.717) is 10.0 Å². The largest absolute Gasteiger partial charge is 0.295 e. The van der Waals surface area contributed by atoms with Crippen molar-refractivity contribution in [2.75, 3.05) is 0 Å². The minimum absolute atomic E-state index is 0.113. The number of rotatable bonds is 3. The smallest absolute Gasteiger partial charge is 0.159 e. The lowest BCUT2D eigenvalue weighted by molar-refractivity contribution is -0.114. The highest BCUT2D eigenvalue weighted by molar-refractivity contribution is 9.10. The molecule has 0 unspecified atom stereocenters. The third-order valence-corrected chi connectivity index (χ3v) is 1.99. The van der Waals surface area contributed by atoms with Crippen molar-refractivity contribution in [3.63, 3.8) is 0 Å². The first-order valence-electron chi connectivity index (χ1n) is 3.72. The van der Waals surface area contributed by atoms with Crippen LogP contribution in [0.2, 0.25) is 0 Å². The van der Waals surface area contributed by atoms with Crippen LogP contribution in [-0.4, -0.2) is 5.78 Å². The molecule has 0 atom stereocenters. The topological polar surface area (TPSA) is 17.1 Å². The summed E-state index contributed by atoms with van der Waals surface area (Å²) in [7, 11) is 0. The molecule has 0 aliphatic rings. The van der Waals surface area contributed by atoms with E-state index in [2.05, 4.69) is 22.5 Å². The Kier molecular flexibility index (Phi) is 3.37. The molecule has 0 aromatic heterocycles. The second-order valence-electron chi connectivity index (χ2n) is 2.62. The molecule has 1 nitrogen and oxygen atoms in total. The number of ketones is 1. The van der Waals surface area contributed by atoms with Gasteiger partial charge in [0.2, 0.25) is 0 Å². The fourth-order valence-electron chi connectivity index (χ4n) is 0.986. The second-order valence-corrected chi connectivity index (χ2v) is 3.54. The predicted molar refractivity (Wildman–Crippen MR) is 53.0 cm³/mol. The first-order valence-corrected chi connectivity index (χ1v) is 4.51. The first-order chi connectivity index (χ1) is 6.11. The molecular weight excluding hydrogens is 235 g/mol. The van der Waals surface area contributed by atoms with E-state index in [1.165, 1.54) is 18.2 Å². The monoisotopic (exact) mass is 242 g/mol. The van der Waals surface area contributed by atoms with Crippen LogP contribution in [0.1, 0.15) is 5.56 Å². The normalized spacial score (nSPS) is 9.69. The van der Waals surface area contributed by atoms with Gasteiger partial charge in [0.15, 0.2) is 5.78 Å². The summed E-state index contributed by atoms with van der Waals surface area (Å²) in [5.41, 5.74) is 0.650. The van der Waals surface area contributed by atoms with Crippen molar-refractivity contribution in [2.24, 2.45) is 0 Å². The molecule has 0 radical (unpaired) electrons. The van der Waals surface area contributed by atoms with E-state index >= 15 is 0 Å². The van der Waals surface area contributed by atoms with Gasteiger partial charge in [-0.05, 0) is 29.8 Å². The molecule has 0 saturated carbocycles. The molecule has 0 fully saturated rings. The van der Waals surface area contributed by atoms with Crippen LogP contribution in [-0.2, 0) is 11.2 Å². The molecule has 0 bridgehead atoms. The molecule has 1 aromatic carbocycles. The van der Waals surface area contributed by atoms with Gasteiger partial charge in [-0.1, -0.05) is 22.5 Å². The molecule has 0 amide bonds. The Bertz CT molecular complexity index is 327. The molecule has 0 spiro atoms. The van der Waals surface area contributed by atoms with E-state index in [0.717, 1.165) is 0 Å². The van der Waals surface area contributed by atoms with E-state index in [1.807, 2.05) is 0 Å². The summed E-state index contributed by atoms with van der Waals surface area (Å²) in [6.45, 7) is 3.35. The fourth-order valence-corrected chi connectivity index (χ4v) is 1.50. The second kappa shape index (κ2) is 4.33. The predicted octanol–water partition coefficient (Wildman–Crippen LogP) is 2.89. The lowest BCUT2D eigenvalue weighted by Crippen LogP contribution is -1.98. The highest BCUT2D eigenvalue weighted by atomic mass is 79.9. The Hall–Kier alpha value is -0.960. The summed E-state index contributed by atoms with van der Waals surface area (Å²) in [5.74, 6) is -0.460. The Morgan fingerprint density at radius 1 is 1.54 bits per heavy atom. The van der Waals surface area contributed by atoms with E-state index in [4.69, 9.17) is 0 Å². The third kappa shape index (κ3) is 3.11. The number of halogens is 2. The van der Waals surface area contributed by atoms with Gasteiger partial charge in [0.25, 0.3) is 0 Å². The zero-order chi connectivity index (χ0) is 9.84. The van der Waals surface area contributed by atoms with Gasteiger partial charge in [-0.2, -0.15) is 0 Å². The Balaban J connectivity index is 2.89. The van der Waals surface area contributed by atoms with Crippen molar-refractivity contribution in [1.82, 2.24) is 0 Å². The van der Waals surface area contributed by atoms with Gasteiger partial charge in [0.1, 0.15) is 5.82 Å². The number of benzene rings is 1. The number of hydrogen-bond donors (Lipinski definition) is 0. The van der Waals surface area contributed by atoms with Crippen molar-refractivity contribution in [3.8, 4) is 0 Å². The first kappa shape index (κ1) is 10.1. The van der Waals surface area contributed by atoms with Crippen LogP contribution in [0.5, 0.6) is 0 Å². The maximum Gasteiger partial charge on any atom is 0.159 e.